The maximum Gasteiger partial charge on any atom is 0.182 e. The van der Waals surface area contributed by atoms with Crippen molar-refractivity contribution in [1.29, 1.82) is 0 Å². The van der Waals surface area contributed by atoms with Gasteiger partial charge in [0.15, 0.2) is 5.78 Å². The van der Waals surface area contributed by atoms with E-state index in [2.05, 4.69) is 25.7 Å². The monoisotopic (exact) mass is 295 g/mol. The molecule has 1 aromatic carbocycles. The number of hydrogen-bond acceptors (Lipinski definition) is 2. The molecule has 2 nitrogen and oxygen atoms in total. The van der Waals surface area contributed by atoms with E-state index in [0.29, 0.717) is 11.8 Å². The summed E-state index contributed by atoms with van der Waals surface area (Å²) in [7, 11) is 0. The third kappa shape index (κ3) is 3.31. The van der Waals surface area contributed by atoms with Gasteiger partial charge in [-0.25, -0.2) is 8.78 Å². The Morgan fingerprint density at radius 2 is 1.95 bits per heavy atom. The molecule has 0 bridgehead atoms. The lowest BCUT2D eigenvalue weighted by molar-refractivity contribution is 0.0403. The SMILES string of the molecule is CC1CC(C)C(C)N(C(C)C(=O)c2ccc(F)cc2F)C1. The molecule has 1 heterocycles. The van der Waals surface area contributed by atoms with Crippen LogP contribution >= 0.6 is 0 Å². The van der Waals surface area contributed by atoms with Gasteiger partial charge in [0, 0.05) is 18.7 Å². The van der Waals surface area contributed by atoms with Crippen LogP contribution in [0, 0.1) is 23.5 Å². The van der Waals surface area contributed by atoms with E-state index in [4.69, 9.17) is 0 Å². The number of carbonyl (C=O) groups is 1. The van der Waals surface area contributed by atoms with E-state index in [-0.39, 0.29) is 17.4 Å². The predicted octanol–water partition coefficient (Wildman–Crippen LogP) is 3.90. The van der Waals surface area contributed by atoms with Gasteiger partial charge in [0.2, 0.25) is 0 Å². The van der Waals surface area contributed by atoms with Crippen molar-refractivity contribution in [3.8, 4) is 0 Å². The minimum absolute atomic E-state index is 0.0259. The molecular formula is C17H23F2NO. The molecule has 1 saturated heterocycles. The Kier molecular flexibility index (Phi) is 4.77. The molecule has 0 aliphatic carbocycles. The van der Waals surface area contributed by atoms with Crippen LogP contribution in [0.3, 0.4) is 0 Å². The average molecular weight is 295 g/mol. The zero-order chi connectivity index (χ0) is 15.7. The van der Waals surface area contributed by atoms with Crippen molar-refractivity contribution in [3.63, 3.8) is 0 Å². The summed E-state index contributed by atoms with van der Waals surface area (Å²) in [5, 5.41) is 0. The van der Waals surface area contributed by atoms with Crippen molar-refractivity contribution in [3.05, 3.63) is 35.4 Å². The first kappa shape index (κ1) is 16.1. The second-order valence-corrected chi connectivity index (χ2v) is 6.42. The maximum atomic E-state index is 13.8. The predicted molar refractivity (Wildman–Crippen MR) is 79.3 cm³/mol. The second kappa shape index (κ2) is 6.22. The third-order valence-corrected chi connectivity index (χ3v) is 4.72. The molecule has 4 unspecified atom stereocenters. The molecule has 0 spiro atoms. The minimum atomic E-state index is -0.780. The van der Waals surface area contributed by atoms with E-state index in [1.165, 1.54) is 6.07 Å². The zero-order valence-corrected chi connectivity index (χ0v) is 13.1. The minimum Gasteiger partial charge on any atom is -0.292 e. The van der Waals surface area contributed by atoms with Crippen molar-refractivity contribution in [2.75, 3.05) is 6.54 Å². The van der Waals surface area contributed by atoms with Gasteiger partial charge >= 0.3 is 0 Å². The van der Waals surface area contributed by atoms with Gasteiger partial charge in [-0.05, 0) is 44.2 Å². The normalized spacial score (nSPS) is 28.4. The van der Waals surface area contributed by atoms with Crippen LogP contribution in [0.1, 0.15) is 44.5 Å². The first-order valence-electron chi connectivity index (χ1n) is 7.56. The van der Waals surface area contributed by atoms with Crippen LogP contribution in [0.4, 0.5) is 8.78 Å². The molecule has 0 N–H and O–H groups in total. The number of piperidine rings is 1. The molecule has 4 atom stereocenters. The number of hydrogen-bond donors (Lipinski definition) is 0. The van der Waals surface area contributed by atoms with E-state index >= 15 is 0 Å². The lowest BCUT2D eigenvalue weighted by Gasteiger charge is -2.43. The summed E-state index contributed by atoms with van der Waals surface area (Å²) in [6.07, 6.45) is 1.14. The fourth-order valence-corrected chi connectivity index (χ4v) is 3.33. The van der Waals surface area contributed by atoms with Crippen LogP contribution in [0.2, 0.25) is 0 Å². The molecule has 2 rings (SSSR count). The van der Waals surface area contributed by atoms with E-state index in [9.17, 15) is 13.6 Å². The number of Topliss-reactive ketones (excluding diaryl/α,β-unsaturated/α-hetero) is 1. The Balaban J connectivity index is 2.22. The zero-order valence-electron chi connectivity index (χ0n) is 13.1. The summed E-state index contributed by atoms with van der Waals surface area (Å²) in [5.41, 5.74) is -0.0259. The summed E-state index contributed by atoms with van der Waals surface area (Å²) in [6.45, 7) is 9.11. The number of halogens is 2. The molecule has 0 amide bonds. The van der Waals surface area contributed by atoms with Gasteiger partial charge < -0.3 is 0 Å². The molecule has 4 heteroatoms. The molecule has 21 heavy (non-hydrogen) atoms. The number of nitrogens with zero attached hydrogens (tertiary/aromatic N) is 1. The van der Waals surface area contributed by atoms with Gasteiger partial charge in [-0.2, -0.15) is 0 Å². The van der Waals surface area contributed by atoms with Crippen molar-refractivity contribution >= 4 is 5.78 Å². The summed E-state index contributed by atoms with van der Waals surface area (Å²) in [6, 6.07) is 3.03. The van der Waals surface area contributed by atoms with E-state index in [1.54, 1.807) is 0 Å². The lowest BCUT2D eigenvalue weighted by Crippen LogP contribution is -2.52. The molecule has 1 aliphatic heterocycles. The highest BCUT2D eigenvalue weighted by Gasteiger charge is 2.35. The standard InChI is InChI=1S/C17H23F2NO/c1-10-7-11(2)12(3)20(9-10)13(4)17(21)15-6-5-14(18)8-16(15)19/h5-6,8,10-13H,7,9H2,1-4H3. The number of benzene rings is 1. The molecule has 0 radical (unpaired) electrons. The molecule has 0 aromatic heterocycles. The number of carbonyl (C=O) groups excluding carboxylic acids is 1. The first-order chi connectivity index (χ1) is 9.81. The summed E-state index contributed by atoms with van der Waals surface area (Å²) in [4.78, 5) is 14.7. The molecule has 1 aromatic rings. The number of ketones is 1. The van der Waals surface area contributed by atoms with Crippen molar-refractivity contribution in [2.24, 2.45) is 11.8 Å². The van der Waals surface area contributed by atoms with Gasteiger partial charge in [0.25, 0.3) is 0 Å². The quantitative estimate of drug-likeness (QED) is 0.788. The Labute approximate surface area is 125 Å². The maximum absolute atomic E-state index is 13.8. The molecule has 1 aliphatic rings. The third-order valence-electron chi connectivity index (χ3n) is 4.72. The second-order valence-electron chi connectivity index (χ2n) is 6.42. The Hall–Kier alpha value is -1.29. The number of rotatable bonds is 3. The van der Waals surface area contributed by atoms with Crippen molar-refractivity contribution < 1.29 is 13.6 Å². The van der Waals surface area contributed by atoms with Crippen LogP contribution in [-0.4, -0.2) is 29.3 Å². The van der Waals surface area contributed by atoms with Gasteiger partial charge in [0.1, 0.15) is 11.6 Å². The summed E-state index contributed by atoms with van der Waals surface area (Å²) in [5.74, 6) is -0.699. The van der Waals surface area contributed by atoms with Gasteiger partial charge in [-0.3, -0.25) is 9.69 Å². The molecule has 0 saturated carbocycles. The molecular weight excluding hydrogens is 272 g/mol. The highest BCUT2D eigenvalue weighted by atomic mass is 19.1. The highest BCUT2D eigenvalue weighted by Crippen LogP contribution is 2.29. The smallest absolute Gasteiger partial charge is 0.182 e. The summed E-state index contributed by atoms with van der Waals surface area (Å²) < 4.78 is 26.8. The van der Waals surface area contributed by atoms with Crippen LogP contribution < -0.4 is 0 Å². The van der Waals surface area contributed by atoms with Gasteiger partial charge in [-0.1, -0.05) is 13.8 Å². The average Bonchev–Trinajstić information content (AvgIpc) is 2.41. The van der Waals surface area contributed by atoms with E-state index < -0.39 is 17.7 Å². The van der Waals surface area contributed by atoms with Gasteiger partial charge in [0.05, 0.1) is 11.6 Å². The molecule has 116 valence electrons. The lowest BCUT2D eigenvalue weighted by atomic mass is 9.84. The fraction of sp³-hybridized carbons (Fsp3) is 0.588. The fourth-order valence-electron chi connectivity index (χ4n) is 3.33. The van der Waals surface area contributed by atoms with E-state index in [0.717, 1.165) is 25.1 Å². The van der Waals surface area contributed by atoms with Crippen LogP contribution in [0.5, 0.6) is 0 Å². The van der Waals surface area contributed by atoms with Crippen LogP contribution in [0.15, 0.2) is 18.2 Å². The Morgan fingerprint density at radius 3 is 2.57 bits per heavy atom. The summed E-state index contributed by atoms with van der Waals surface area (Å²) >= 11 is 0. The Bertz CT molecular complexity index is 532. The van der Waals surface area contributed by atoms with Crippen LogP contribution in [-0.2, 0) is 0 Å². The van der Waals surface area contributed by atoms with Gasteiger partial charge in [-0.15, -0.1) is 0 Å². The first-order valence-corrected chi connectivity index (χ1v) is 7.56. The topological polar surface area (TPSA) is 20.3 Å². The largest absolute Gasteiger partial charge is 0.292 e. The van der Waals surface area contributed by atoms with Crippen molar-refractivity contribution in [1.82, 2.24) is 4.90 Å². The van der Waals surface area contributed by atoms with Crippen LogP contribution in [0.25, 0.3) is 0 Å². The van der Waals surface area contributed by atoms with Crippen molar-refractivity contribution in [2.45, 2.75) is 46.2 Å². The number of likely N-dealkylation sites (tertiary alicyclic amines) is 1. The Morgan fingerprint density at radius 1 is 1.29 bits per heavy atom. The van der Waals surface area contributed by atoms with E-state index in [1.807, 2.05) is 6.92 Å². The highest BCUT2D eigenvalue weighted by molar-refractivity contribution is 6.00. The molecule has 1 fully saturated rings.